The fraction of sp³-hybridized carbons (Fsp3) is 0.600. The summed E-state index contributed by atoms with van der Waals surface area (Å²) < 4.78 is 0. The van der Waals surface area contributed by atoms with E-state index in [-0.39, 0.29) is 19.5 Å². The molecule has 0 unspecified atom stereocenters. The third kappa shape index (κ3) is 69.3. The van der Waals surface area contributed by atoms with Crippen molar-refractivity contribution in [1.29, 1.82) is 0 Å². The molecule has 0 aliphatic carbocycles. The molecule has 1 radical (unpaired) electrons. The van der Waals surface area contributed by atoms with Gasteiger partial charge in [0.05, 0.1) is 0 Å². The van der Waals surface area contributed by atoms with E-state index in [9.17, 15) is 0 Å². The number of hydrogen-bond acceptors (Lipinski definition) is 1. The van der Waals surface area contributed by atoms with Gasteiger partial charge in [-0.25, -0.2) is 0 Å². The zero-order valence-corrected chi connectivity index (χ0v) is 6.29. The maximum absolute atomic E-state index is 9.05. The number of rotatable bonds is 1. The van der Waals surface area contributed by atoms with E-state index in [1.807, 2.05) is 0 Å². The molecule has 0 saturated heterocycles. The van der Waals surface area contributed by atoms with Gasteiger partial charge in [0.25, 0.3) is 0 Å². The summed E-state index contributed by atoms with van der Waals surface area (Å²) in [5.41, 5.74) is 0. The van der Waals surface area contributed by atoms with Crippen molar-refractivity contribution in [2.75, 3.05) is 0 Å². The van der Waals surface area contributed by atoms with E-state index < -0.39 is 0 Å². The second kappa shape index (κ2) is 33.5. The Balaban J connectivity index is -0.0000000480. The van der Waals surface area contributed by atoms with Gasteiger partial charge >= 0.3 is 19.5 Å². The molecular weight excluding hydrogens is 179 g/mol. The van der Waals surface area contributed by atoms with Gasteiger partial charge < -0.3 is 11.7 Å². The molecule has 0 aromatic rings. The summed E-state index contributed by atoms with van der Waals surface area (Å²) in [6, 6.07) is 0. The molecule has 0 saturated carbocycles. The van der Waals surface area contributed by atoms with Gasteiger partial charge in [0, 0.05) is 0 Å². The van der Waals surface area contributed by atoms with Crippen molar-refractivity contribution in [3.05, 3.63) is 6.92 Å². The van der Waals surface area contributed by atoms with Crippen molar-refractivity contribution in [3.63, 3.8) is 0 Å². The summed E-state index contributed by atoms with van der Waals surface area (Å²) in [5, 5.41) is 0. The molecule has 1 nitrogen and oxygen atoms in total. The summed E-state index contributed by atoms with van der Waals surface area (Å²) in [6.45, 7) is 6.76. The first-order chi connectivity index (χ1) is 2.91. The molecule has 0 amide bonds. The Bertz CT molecular complexity index is 22.0. The van der Waals surface area contributed by atoms with Gasteiger partial charge in [0.1, 0.15) is 0 Å². The molecule has 0 aliphatic rings. The SMILES string of the molecule is CC[C-]=O.[CH2-]C.[Rh+2]. The molecule has 0 heterocycles. The van der Waals surface area contributed by atoms with E-state index in [4.69, 9.17) is 4.79 Å². The normalized spacial score (nSPS) is 4.43. The fourth-order valence-corrected chi connectivity index (χ4v) is 0. The first-order valence-corrected chi connectivity index (χ1v) is 1.97. The Hall–Kier alpha value is 0.293. The van der Waals surface area contributed by atoms with E-state index in [0.717, 1.165) is 0 Å². The third-order valence-corrected chi connectivity index (χ3v) is 0.144. The van der Waals surface area contributed by atoms with E-state index in [1.54, 1.807) is 20.1 Å². The summed E-state index contributed by atoms with van der Waals surface area (Å²) in [6.07, 6.45) is 2.19. The molecular formula is C5H10ORh. The van der Waals surface area contributed by atoms with Crippen LogP contribution in [0.2, 0.25) is 0 Å². The fourth-order valence-electron chi connectivity index (χ4n) is 0. The zero-order valence-electron chi connectivity index (χ0n) is 4.66. The Labute approximate surface area is 58.2 Å². The molecule has 7 heavy (non-hydrogen) atoms. The smallest absolute Gasteiger partial charge is 0.542 e. The zero-order chi connectivity index (χ0) is 5.41. The van der Waals surface area contributed by atoms with Crippen molar-refractivity contribution in [1.82, 2.24) is 0 Å². The second-order valence-electron chi connectivity index (χ2n) is 0.498. The average molecular weight is 189 g/mol. The Morgan fingerprint density at radius 1 is 1.57 bits per heavy atom. The Morgan fingerprint density at radius 3 is 1.71 bits per heavy atom. The minimum Gasteiger partial charge on any atom is -0.542 e. The monoisotopic (exact) mass is 189 g/mol. The van der Waals surface area contributed by atoms with Crippen LogP contribution in [-0.4, -0.2) is 6.29 Å². The molecule has 0 spiro atoms. The average Bonchev–Trinajstić information content (AvgIpc) is 1.72. The summed E-state index contributed by atoms with van der Waals surface area (Å²) in [4.78, 5) is 9.05. The first-order valence-electron chi connectivity index (χ1n) is 1.97. The minimum absolute atomic E-state index is 0. The first kappa shape index (κ1) is 15.7. The van der Waals surface area contributed by atoms with E-state index in [1.165, 1.54) is 0 Å². The molecule has 0 bridgehead atoms. The predicted octanol–water partition coefficient (Wildman–Crippen LogP) is 1.34. The van der Waals surface area contributed by atoms with Crippen molar-refractivity contribution in [3.8, 4) is 0 Å². The van der Waals surface area contributed by atoms with E-state index in [2.05, 4.69) is 6.92 Å². The third-order valence-electron chi connectivity index (χ3n) is 0.144. The summed E-state index contributed by atoms with van der Waals surface area (Å²) >= 11 is 0. The van der Waals surface area contributed by atoms with Gasteiger partial charge in [-0.15, -0.1) is 0 Å². The molecule has 0 N–H and O–H groups in total. The van der Waals surface area contributed by atoms with Crippen LogP contribution in [0.5, 0.6) is 0 Å². The number of carbonyl (C=O) groups excluding carboxylic acids is 1. The van der Waals surface area contributed by atoms with Crippen LogP contribution < -0.4 is 0 Å². The van der Waals surface area contributed by atoms with Crippen LogP contribution in [0.4, 0.5) is 0 Å². The van der Waals surface area contributed by atoms with Crippen LogP contribution in [0.3, 0.4) is 0 Å². The molecule has 0 aliphatic heterocycles. The van der Waals surface area contributed by atoms with E-state index in [0.29, 0.717) is 6.42 Å². The van der Waals surface area contributed by atoms with Gasteiger partial charge in [0.2, 0.25) is 0 Å². The minimum atomic E-state index is 0. The van der Waals surface area contributed by atoms with Crippen molar-refractivity contribution < 1.29 is 24.3 Å². The largest absolute Gasteiger partial charge is 2.00 e. The summed E-state index contributed by atoms with van der Waals surface area (Å²) in [7, 11) is 0. The Kier molecular flexibility index (Phi) is 75.1. The molecule has 0 rings (SSSR count). The van der Waals surface area contributed by atoms with Crippen LogP contribution in [-0.2, 0) is 24.3 Å². The maximum atomic E-state index is 9.05. The topological polar surface area (TPSA) is 17.1 Å². The second-order valence-corrected chi connectivity index (χ2v) is 0.498. The molecule has 45 valence electrons. The van der Waals surface area contributed by atoms with Crippen LogP contribution in [0.15, 0.2) is 0 Å². The van der Waals surface area contributed by atoms with Crippen LogP contribution in [0.1, 0.15) is 20.3 Å². The maximum Gasteiger partial charge on any atom is 2.00 e. The Morgan fingerprint density at radius 2 is 1.71 bits per heavy atom. The van der Waals surface area contributed by atoms with Gasteiger partial charge in [-0.1, -0.05) is 6.92 Å². The molecule has 0 fully saturated rings. The van der Waals surface area contributed by atoms with Crippen molar-refractivity contribution in [2.24, 2.45) is 0 Å². The van der Waals surface area contributed by atoms with Crippen LogP contribution in [0, 0.1) is 6.92 Å². The summed E-state index contributed by atoms with van der Waals surface area (Å²) in [5.74, 6) is 0. The number of hydrogen-bond donors (Lipinski definition) is 0. The van der Waals surface area contributed by atoms with Crippen molar-refractivity contribution in [2.45, 2.75) is 20.3 Å². The van der Waals surface area contributed by atoms with Crippen molar-refractivity contribution >= 4 is 6.29 Å². The molecule has 0 aromatic carbocycles. The van der Waals surface area contributed by atoms with Gasteiger partial charge in [0.15, 0.2) is 0 Å². The van der Waals surface area contributed by atoms with Gasteiger partial charge in [-0.05, 0) is 0 Å². The molecule has 0 atom stereocenters. The predicted molar refractivity (Wildman–Crippen MR) is 27.0 cm³/mol. The van der Waals surface area contributed by atoms with E-state index >= 15 is 0 Å². The molecule has 2 heteroatoms. The quantitative estimate of drug-likeness (QED) is 0.449. The molecule has 0 aromatic heterocycles. The van der Waals surface area contributed by atoms with Crippen LogP contribution >= 0.6 is 0 Å². The standard InChI is InChI=1S/C3H5O.C2H5.Rh/c1-2-3-4;1-2;/h2H2,1H3;1H2,2H3;/q2*-1;+2. The van der Waals surface area contributed by atoms with Gasteiger partial charge in [-0.3, -0.25) is 6.29 Å². The van der Waals surface area contributed by atoms with Crippen LogP contribution in [0.25, 0.3) is 0 Å². The van der Waals surface area contributed by atoms with Gasteiger partial charge in [-0.2, -0.15) is 13.3 Å².